The minimum absolute atomic E-state index is 0.141. The first kappa shape index (κ1) is 15.7. The molecule has 0 saturated heterocycles. The van der Waals surface area contributed by atoms with E-state index < -0.39 is 0 Å². The molecule has 19 heavy (non-hydrogen) atoms. The van der Waals surface area contributed by atoms with Gasteiger partial charge in [-0.2, -0.15) is 0 Å². The Balaban J connectivity index is 2.57. The Morgan fingerprint density at radius 2 is 1.95 bits per heavy atom. The number of rotatable bonds is 8. The van der Waals surface area contributed by atoms with Crippen molar-refractivity contribution in [3.63, 3.8) is 0 Å². The molecule has 0 fully saturated rings. The summed E-state index contributed by atoms with van der Waals surface area (Å²) in [5, 5.41) is 0. The van der Waals surface area contributed by atoms with Crippen molar-refractivity contribution in [1.82, 2.24) is 0 Å². The van der Waals surface area contributed by atoms with Crippen molar-refractivity contribution < 1.29 is 9.53 Å². The molecular weight excluding hydrogens is 240 g/mol. The first-order chi connectivity index (χ1) is 9.22. The molecule has 1 aromatic rings. The fraction of sp³-hybridized carbons (Fsp3) is 0.533. The minimum atomic E-state index is 0.141. The summed E-state index contributed by atoms with van der Waals surface area (Å²) in [5.74, 6) is 0.141. The highest BCUT2D eigenvalue weighted by Gasteiger charge is 2.13. The second kappa shape index (κ2) is 8.67. The molecule has 0 bridgehead atoms. The topological polar surface area (TPSA) is 55.6 Å². The van der Waals surface area contributed by atoms with Crippen molar-refractivity contribution in [2.24, 2.45) is 5.73 Å². The number of hydrogen-bond donors (Lipinski definition) is 1. The highest BCUT2D eigenvalue weighted by atomic mass is 16.5. The number of carbonyl (C=O) groups excluding carboxylic acids is 1. The van der Waals surface area contributed by atoms with E-state index in [1.54, 1.807) is 4.90 Å². The Bertz CT molecular complexity index is 376. The Kier molecular flexibility index (Phi) is 7.15. The zero-order valence-corrected chi connectivity index (χ0v) is 11.9. The van der Waals surface area contributed by atoms with Crippen LogP contribution in [0.5, 0.6) is 0 Å². The van der Waals surface area contributed by atoms with Crippen LogP contribution in [0.1, 0.15) is 32.3 Å². The number of carbonyl (C=O) groups is 1. The molecular formula is C15H24N2O2. The largest absolute Gasteiger partial charge is 0.382 e. The lowest BCUT2D eigenvalue weighted by molar-refractivity contribution is -0.118. The van der Waals surface area contributed by atoms with Crippen molar-refractivity contribution >= 4 is 11.6 Å². The van der Waals surface area contributed by atoms with E-state index >= 15 is 0 Å². The summed E-state index contributed by atoms with van der Waals surface area (Å²) >= 11 is 0. The third-order valence-electron chi connectivity index (χ3n) is 2.98. The SMILES string of the molecule is CCOCCCC(=O)N(CC)c1ccc(CN)cc1. The predicted molar refractivity (Wildman–Crippen MR) is 78.1 cm³/mol. The molecule has 0 heterocycles. The van der Waals surface area contributed by atoms with Gasteiger partial charge in [0.2, 0.25) is 5.91 Å². The number of anilines is 1. The fourth-order valence-electron chi connectivity index (χ4n) is 1.92. The van der Waals surface area contributed by atoms with E-state index in [1.807, 2.05) is 38.1 Å². The van der Waals surface area contributed by atoms with Crippen molar-refractivity contribution in [3.05, 3.63) is 29.8 Å². The third kappa shape index (κ3) is 5.01. The quantitative estimate of drug-likeness (QED) is 0.733. The standard InChI is InChI=1S/C15H24N2O2/c1-3-17(15(18)6-5-11-19-4-2)14-9-7-13(12-16)8-10-14/h7-10H,3-6,11-12,16H2,1-2H3. The predicted octanol–water partition coefficient (Wildman–Crippen LogP) is 2.31. The number of nitrogens with two attached hydrogens (primary N) is 1. The first-order valence-electron chi connectivity index (χ1n) is 6.90. The van der Waals surface area contributed by atoms with Gasteiger partial charge in [0, 0.05) is 38.4 Å². The maximum atomic E-state index is 12.1. The van der Waals surface area contributed by atoms with Crippen molar-refractivity contribution in [2.45, 2.75) is 33.2 Å². The number of amides is 1. The van der Waals surface area contributed by atoms with Gasteiger partial charge in [-0.15, -0.1) is 0 Å². The summed E-state index contributed by atoms with van der Waals surface area (Å²) in [5.41, 5.74) is 7.57. The van der Waals surface area contributed by atoms with E-state index in [0.717, 1.165) is 17.7 Å². The smallest absolute Gasteiger partial charge is 0.227 e. The number of hydrogen-bond acceptors (Lipinski definition) is 3. The van der Waals surface area contributed by atoms with E-state index in [4.69, 9.17) is 10.5 Å². The number of benzene rings is 1. The normalized spacial score (nSPS) is 10.5. The van der Waals surface area contributed by atoms with Crippen LogP contribution in [0.4, 0.5) is 5.69 Å². The Morgan fingerprint density at radius 1 is 1.26 bits per heavy atom. The van der Waals surface area contributed by atoms with E-state index in [0.29, 0.717) is 32.7 Å². The van der Waals surface area contributed by atoms with Crippen LogP contribution in [0.15, 0.2) is 24.3 Å². The van der Waals surface area contributed by atoms with Crippen LogP contribution in [0.25, 0.3) is 0 Å². The second-order valence-electron chi connectivity index (χ2n) is 4.31. The molecule has 4 nitrogen and oxygen atoms in total. The molecule has 0 atom stereocenters. The van der Waals surface area contributed by atoms with Gasteiger partial charge < -0.3 is 15.4 Å². The Morgan fingerprint density at radius 3 is 2.47 bits per heavy atom. The highest BCUT2D eigenvalue weighted by molar-refractivity contribution is 5.93. The van der Waals surface area contributed by atoms with Crippen molar-refractivity contribution in [1.29, 1.82) is 0 Å². The van der Waals surface area contributed by atoms with Gasteiger partial charge in [-0.1, -0.05) is 12.1 Å². The number of ether oxygens (including phenoxy) is 1. The molecule has 0 aromatic heterocycles. The van der Waals surface area contributed by atoms with Crippen LogP contribution in [0, 0.1) is 0 Å². The van der Waals surface area contributed by atoms with E-state index in [-0.39, 0.29) is 5.91 Å². The lowest BCUT2D eigenvalue weighted by Gasteiger charge is -2.21. The third-order valence-corrected chi connectivity index (χ3v) is 2.98. The Hall–Kier alpha value is -1.39. The molecule has 4 heteroatoms. The van der Waals surface area contributed by atoms with Gasteiger partial charge in [0.15, 0.2) is 0 Å². The summed E-state index contributed by atoms with van der Waals surface area (Å²) in [7, 11) is 0. The molecule has 0 radical (unpaired) electrons. The molecule has 0 unspecified atom stereocenters. The van der Waals surface area contributed by atoms with Gasteiger partial charge in [0.05, 0.1) is 0 Å². The number of nitrogens with zero attached hydrogens (tertiary/aromatic N) is 1. The van der Waals surface area contributed by atoms with Crippen LogP contribution in [0.2, 0.25) is 0 Å². The highest BCUT2D eigenvalue weighted by Crippen LogP contribution is 2.16. The van der Waals surface area contributed by atoms with E-state index in [2.05, 4.69) is 0 Å². The lowest BCUT2D eigenvalue weighted by atomic mass is 10.2. The van der Waals surface area contributed by atoms with Gasteiger partial charge in [-0.3, -0.25) is 4.79 Å². The molecule has 1 rings (SSSR count). The fourth-order valence-corrected chi connectivity index (χ4v) is 1.92. The zero-order valence-electron chi connectivity index (χ0n) is 11.9. The maximum absolute atomic E-state index is 12.1. The molecule has 2 N–H and O–H groups in total. The van der Waals surface area contributed by atoms with Crippen LogP contribution < -0.4 is 10.6 Å². The van der Waals surface area contributed by atoms with Gasteiger partial charge in [0.1, 0.15) is 0 Å². The van der Waals surface area contributed by atoms with Gasteiger partial charge in [0.25, 0.3) is 0 Å². The Labute approximate surface area is 115 Å². The molecule has 0 aliphatic carbocycles. The molecule has 0 spiro atoms. The van der Waals surface area contributed by atoms with E-state index in [1.165, 1.54) is 0 Å². The molecule has 0 saturated carbocycles. The summed E-state index contributed by atoms with van der Waals surface area (Å²) in [6, 6.07) is 7.83. The molecule has 1 aromatic carbocycles. The minimum Gasteiger partial charge on any atom is -0.382 e. The van der Waals surface area contributed by atoms with Crippen LogP contribution >= 0.6 is 0 Å². The second-order valence-corrected chi connectivity index (χ2v) is 4.31. The van der Waals surface area contributed by atoms with Gasteiger partial charge >= 0.3 is 0 Å². The van der Waals surface area contributed by atoms with Crippen LogP contribution in [-0.2, 0) is 16.1 Å². The van der Waals surface area contributed by atoms with Crippen LogP contribution in [-0.4, -0.2) is 25.7 Å². The molecule has 1 amide bonds. The van der Waals surface area contributed by atoms with Crippen LogP contribution in [0.3, 0.4) is 0 Å². The summed E-state index contributed by atoms with van der Waals surface area (Å²) in [6.45, 7) is 6.48. The van der Waals surface area contributed by atoms with Crippen molar-refractivity contribution in [3.8, 4) is 0 Å². The summed E-state index contributed by atoms with van der Waals surface area (Å²) in [6.07, 6.45) is 1.29. The summed E-state index contributed by atoms with van der Waals surface area (Å²) in [4.78, 5) is 13.9. The molecule has 0 aliphatic rings. The summed E-state index contributed by atoms with van der Waals surface area (Å²) < 4.78 is 5.25. The van der Waals surface area contributed by atoms with Crippen molar-refractivity contribution in [2.75, 3.05) is 24.7 Å². The maximum Gasteiger partial charge on any atom is 0.227 e. The molecule has 0 aliphatic heterocycles. The van der Waals surface area contributed by atoms with Gasteiger partial charge in [-0.25, -0.2) is 0 Å². The first-order valence-corrected chi connectivity index (χ1v) is 6.90. The lowest BCUT2D eigenvalue weighted by Crippen LogP contribution is -2.30. The zero-order chi connectivity index (χ0) is 14.1. The van der Waals surface area contributed by atoms with Gasteiger partial charge in [-0.05, 0) is 38.0 Å². The average Bonchev–Trinajstić information content (AvgIpc) is 2.45. The monoisotopic (exact) mass is 264 g/mol. The van der Waals surface area contributed by atoms with E-state index in [9.17, 15) is 4.79 Å². The average molecular weight is 264 g/mol. The molecule has 106 valence electrons.